The lowest BCUT2D eigenvalue weighted by Gasteiger charge is -2.23. The highest BCUT2D eigenvalue weighted by atomic mass is 32.2. The fourth-order valence-electron chi connectivity index (χ4n) is 1.30. The van der Waals surface area contributed by atoms with E-state index in [2.05, 4.69) is 4.72 Å². The summed E-state index contributed by atoms with van der Waals surface area (Å²) in [7, 11) is -6.83. The summed E-state index contributed by atoms with van der Waals surface area (Å²) in [5.41, 5.74) is -0.774. The van der Waals surface area contributed by atoms with Gasteiger partial charge in [0.05, 0.1) is 10.5 Å². The highest BCUT2D eigenvalue weighted by Crippen LogP contribution is 2.18. The number of ether oxygens (including phenoxy) is 1. The second-order valence-electron chi connectivity index (χ2n) is 4.93. The van der Waals surface area contributed by atoms with Gasteiger partial charge < -0.3 is 4.74 Å². The van der Waals surface area contributed by atoms with Gasteiger partial charge in [-0.15, -0.1) is 0 Å². The molecule has 1 aromatic carbocycles. The number of primary sulfonamides is 1. The first-order valence-corrected chi connectivity index (χ1v) is 8.79. The zero-order valence-corrected chi connectivity index (χ0v) is 13.4. The van der Waals surface area contributed by atoms with Crippen molar-refractivity contribution in [2.24, 2.45) is 5.14 Å². The van der Waals surface area contributed by atoms with Gasteiger partial charge in [0.25, 0.3) is 0 Å². The molecule has 0 aliphatic carbocycles. The van der Waals surface area contributed by atoms with Gasteiger partial charge in [0.1, 0.15) is 10.7 Å². The van der Waals surface area contributed by atoms with E-state index < -0.39 is 41.3 Å². The van der Waals surface area contributed by atoms with Crippen LogP contribution in [0.1, 0.15) is 13.8 Å². The van der Waals surface area contributed by atoms with Crippen molar-refractivity contribution in [3.05, 3.63) is 24.0 Å². The highest BCUT2D eigenvalue weighted by molar-refractivity contribution is 7.89. The smallest absolute Gasteiger partial charge is 0.243 e. The van der Waals surface area contributed by atoms with Gasteiger partial charge in [-0.3, -0.25) is 0 Å². The Bertz CT molecular complexity index is 729. The van der Waals surface area contributed by atoms with Crippen LogP contribution in [0.15, 0.2) is 28.0 Å². The number of benzene rings is 1. The molecule has 0 aromatic heterocycles. The SMILES string of the molecule is COC(C)(C)CNS(=O)(=O)c1ccc(S(N)(=O)=O)cc1F. The van der Waals surface area contributed by atoms with Crippen molar-refractivity contribution in [1.82, 2.24) is 4.72 Å². The third-order valence-electron chi connectivity index (χ3n) is 2.76. The Balaban J connectivity index is 3.11. The fraction of sp³-hybridized carbons (Fsp3) is 0.455. The van der Waals surface area contributed by atoms with Gasteiger partial charge in [-0.25, -0.2) is 31.1 Å². The Morgan fingerprint density at radius 2 is 1.86 bits per heavy atom. The molecule has 0 saturated carbocycles. The number of rotatable bonds is 6. The molecule has 21 heavy (non-hydrogen) atoms. The van der Waals surface area contributed by atoms with E-state index in [0.717, 1.165) is 12.1 Å². The summed E-state index contributed by atoms with van der Waals surface area (Å²) in [6.07, 6.45) is 0. The van der Waals surface area contributed by atoms with Crippen LogP contribution in [0.2, 0.25) is 0 Å². The predicted octanol–water partition coefficient (Wildman–Crippen LogP) is 0.176. The molecule has 10 heteroatoms. The molecular weight excluding hydrogens is 323 g/mol. The first kappa shape index (κ1) is 18.0. The van der Waals surface area contributed by atoms with Crippen LogP contribution in [-0.4, -0.2) is 36.1 Å². The molecule has 0 amide bonds. The van der Waals surface area contributed by atoms with Crippen molar-refractivity contribution in [1.29, 1.82) is 0 Å². The van der Waals surface area contributed by atoms with E-state index in [1.165, 1.54) is 7.11 Å². The van der Waals surface area contributed by atoms with E-state index in [9.17, 15) is 21.2 Å². The number of hydrogen-bond donors (Lipinski definition) is 2. The number of nitrogens with two attached hydrogens (primary N) is 1. The minimum Gasteiger partial charge on any atom is -0.377 e. The van der Waals surface area contributed by atoms with Gasteiger partial charge in [-0.2, -0.15) is 0 Å². The topological polar surface area (TPSA) is 116 Å². The number of halogens is 1. The van der Waals surface area contributed by atoms with E-state index in [1.807, 2.05) is 0 Å². The van der Waals surface area contributed by atoms with Crippen LogP contribution < -0.4 is 9.86 Å². The lowest BCUT2D eigenvalue weighted by Crippen LogP contribution is -2.39. The van der Waals surface area contributed by atoms with Crippen molar-refractivity contribution in [2.45, 2.75) is 29.2 Å². The van der Waals surface area contributed by atoms with E-state index in [0.29, 0.717) is 6.07 Å². The van der Waals surface area contributed by atoms with E-state index in [4.69, 9.17) is 9.88 Å². The van der Waals surface area contributed by atoms with Crippen LogP contribution >= 0.6 is 0 Å². The third kappa shape index (κ3) is 4.71. The molecule has 120 valence electrons. The number of hydrogen-bond acceptors (Lipinski definition) is 5. The summed E-state index contributed by atoms with van der Waals surface area (Å²) in [4.78, 5) is -1.17. The van der Waals surface area contributed by atoms with Gasteiger partial charge >= 0.3 is 0 Å². The van der Waals surface area contributed by atoms with Gasteiger partial charge in [-0.1, -0.05) is 0 Å². The molecule has 0 unspecified atom stereocenters. The summed E-state index contributed by atoms with van der Waals surface area (Å²) in [6.45, 7) is 3.22. The molecular formula is C11H17FN2O5S2. The monoisotopic (exact) mass is 340 g/mol. The van der Waals surface area contributed by atoms with Crippen molar-refractivity contribution in [2.75, 3.05) is 13.7 Å². The van der Waals surface area contributed by atoms with E-state index in [1.54, 1.807) is 13.8 Å². The average molecular weight is 340 g/mol. The summed E-state index contributed by atoms with van der Waals surface area (Å²) in [5, 5.41) is 4.84. The summed E-state index contributed by atoms with van der Waals surface area (Å²) >= 11 is 0. The normalized spacial score (nSPS) is 13.4. The Morgan fingerprint density at radius 3 is 2.29 bits per heavy atom. The maximum absolute atomic E-state index is 13.8. The lowest BCUT2D eigenvalue weighted by atomic mass is 10.1. The summed E-state index contributed by atoms with van der Waals surface area (Å²) < 4.78 is 67.2. The molecule has 1 rings (SSSR count). The standard InChI is InChI=1S/C11H17FN2O5S2/c1-11(2,19-3)7-14-21(17,18)10-5-4-8(6-9(10)12)20(13,15)16/h4-6,14H,7H2,1-3H3,(H2,13,15,16). The Kier molecular flexibility index (Phi) is 5.11. The molecule has 0 atom stereocenters. The molecule has 0 saturated heterocycles. The maximum Gasteiger partial charge on any atom is 0.243 e. The fourth-order valence-corrected chi connectivity index (χ4v) is 3.08. The molecule has 0 fully saturated rings. The third-order valence-corrected chi connectivity index (χ3v) is 5.11. The second kappa shape index (κ2) is 5.97. The molecule has 3 N–H and O–H groups in total. The van der Waals surface area contributed by atoms with Crippen LogP contribution in [-0.2, 0) is 24.8 Å². The van der Waals surface area contributed by atoms with E-state index in [-0.39, 0.29) is 6.54 Å². The first-order valence-electron chi connectivity index (χ1n) is 5.76. The van der Waals surface area contributed by atoms with Crippen molar-refractivity contribution < 1.29 is 26.0 Å². The zero-order valence-electron chi connectivity index (χ0n) is 11.8. The Labute approximate surface area is 123 Å². The summed E-state index contributed by atoms with van der Waals surface area (Å²) in [5.74, 6) is -1.20. The molecule has 0 spiro atoms. The first-order chi connectivity index (χ1) is 9.39. The zero-order chi connectivity index (χ0) is 16.5. The molecule has 0 radical (unpaired) electrons. The largest absolute Gasteiger partial charge is 0.377 e. The quantitative estimate of drug-likeness (QED) is 0.766. The highest BCUT2D eigenvalue weighted by Gasteiger charge is 2.25. The second-order valence-corrected chi connectivity index (χ2v) is 8.22. The Hall–Kier alpha value is -1.07. The van der Waals surface area contributed by atoms with Crippen LogP contribution in [0.5, 0.6) is 0 Å². The van der Waals surface area contributed by atoms with Crippen LogP contribution in [0.25, 0.3) is 0 Å². The Morgan fingerprint density at radius 1 is 1.29 bits per heavy atom. The lowest BCUT2D eigenvalue weighted by molar-refractivity contribution is 0.0276. The summed E-state index contributed by atoms with van der Waals surface area (Å²) in [6, 6.07) is 2.33. The number of sulfonamides is 2. The van der Waals surface area contributed by atoms with Crippen molar-refractivity contribution in [3.8, 4) is 0 Å². The predicted molar refractivity (Wildman–Crippen MR) is 74.0 cm³/mol. The number of methoxy groups -OCH3 is 1. The molecule has 0 bridgehead atoms. The van der Waals surface area contributed by atoms with Crippen LogP contribution in [0, 0.1) is 5.82 Å². The van der Waals surface area contributed by atoms with Gasteiger partial charge in [0, 0.05) is 13.7 Å². The minimum atomic E-state index is -4.14. The molecule has 0 aliphatic rings. The van der Waals surface area contributed by atoms with Crippen LogP contribution in [0.4, 0.5) is 4.39 Å². The van der Waals surface area contributed by atoms with E-state index >= 15 is 0 Å². The molecule has 7 nitrogen and oxygen atoms in total. The van der Waals surface area contributed by atoms with Gasteiger partial charge in [0.2, 0.25) is 20.0 Å². The van der Waals surface area contributed by atoms with Gasteiger partial charge in [-0.05, 0) is 32.0 Å². The minimum absolute atomic E-state index is 0.0811. The molecule has 0 aliphatic heterocycles. The maximum atomic E-state index is 13.8. The van der Waals surface area contributed by atoms with Crippen molar-refractivity contribution in [3.63, 3.8) is 0 Å². The van der Waals surface area contributed by atoms with Crippen LogP contribution in [0.3, 0.4) is 0 Å². The average Bonchev–Trinajstić information content (AvgIpc) is 2.35. The van der Waals surface area contributed by atoms with Crippen molar-refractivity contribution >= 4 is 20.0 Å². The number of nitrogens with one attached hydrogen (secondary N) is 1. The molecule has 1 aromatic rings. The molecule has 0 heterocycles. The van der Waals surface area contributed by atoms with Gasteiger partial charge in [0.15, 0.2) is 0 Å².